The molecule has 3 atom stereocenters. The van der Waals surface area contributed by atoms with Gasteiger partial charge in [0.2, 0.25) is 0 Å². The summed E-state index contributed by atoms with van der Waals surface area (Å²) in [5.41, 5.74) is 1.29. The summed E-state index contributed by atoms with van der Waals surface area (Å²) in [6.07, 6.45) is 10.1. The van der Waals surface area contributed by atoms with Crippen molar-refractivity contribution < 1.29 is 14.3 Å². The van der Waals surface area contributed by atoms with Gasteiger partial charge >= 0.3 is 5.97 Å². The fourth-order valence-corrected chi connectivity index (χ4v) is 3.22. The molecule has 1 fully saturated rings. The predicted octanol–water partition coefficient (Wildman–Crippen LogP) is 4.86. The van der Waals surface area contributed by atoms with E-state index < -0.39 is 0 Å². The van der Waals surface area contributed by atoms with Gasteiger partial charge in [0.1, 0.15) is 5.78 Å². The third kappa shape index (κ3) is 7.15. The molecule has 0 saturated heterocycles. The Morgan fingerprint density at radius 3 is 2.61 bits per heavy atom. The van der Waals surface area contributed by atoms with Gasteiger partial charge in [-0.3, -0.25) is 9.59 Å². The molecule has 1 rings (SSSR count). The lowest BCUT2D eigenvalue weighted by Crippen LogP contribution is -2.14. The number of hydrogen-bond donors (Lipinski definition) is 0. The highest BCUT2D eigenvalue weighted by atomic mass is 16.5. The average Bonchev–Trinajstić information content (AvgIpc) is 2.67. The molecule has 130 valence electrons. The molecule has 0 radical (unpaired) electrons. The van der Waals surface area contributed by atoms with Crippen LogP contribution >= 0.6 is 0 Å². The largest absolute Gasteiger partial charge is 0.463 e. The number of ketones is 1. The summed E-state index contributed by atoms with van der Waals surface area (Å²) in [5, 5.41) is 0. The van der Waals surface area contributed by atoms with Crippen LogP contribution in [0.15, 0.2) is 23.8 Å². The third-order valence-corrected chi connectivity index (χ3v) is 4.26. The Morgan fingerprint density at radius 1 is 1.30 bits per heavy atom. The van der Waals surface area contributed by atoms with Crippen LogP contribution in [-0.4, -0.2) is 17.9 Å². The first-order valence-corrected chi connectivity index (χ1v) is 8.83. The fourth-order valence-electron chi connectivity index (χ4n) is 3.22. The zero-order valence-corrected chi connectivity index (χ0v) is 15.3. The van der Waals surface area contributed by atoms with Gasteiger partial charge < -0.3 is 4.74 Å². The lowest BCUT2D eigenvalue weighted by atomic mass is 9.86. The second kappa shape index (κ2) is 9.69. The van der Waals surface area contributed by atoms with Crippen LogP contribution in [-0.2, 0) is 14.3 Å². The standard InChI is InChI=1S/C20H32O3/c1-14(2)12-18-16(5)13-19(21)17(18)10-8-6-7-9-11-20(22)23-15(3)4/h6,8,12,15-18H,7,9-11,13H2,1-5H3/b8-6-/t16-,17-,18+/m1/s1. The van der Waals surface area contributed by atoms with Gasteiger partial charge in [0, 0.05) is 18.8 Å². The number of Topliss-reactive ketones (excluding diaryl/α,β-unsaturated/α-hetero) is 1. The van der Waals surface area contributed by atoms with Crippen molar-refractivity contribution in [3.05, 3.63) is 23.8 Å². The van der Waals surface area contributed by atoms with E-state index in [9.17, 15) is 9.59 Å². The molecule has 1 saturated carbocycles. The molecule has 0 amide bonds. The number of allylic oxidation sites excluding steroid dienone is 4. The molecule has 1 aliphatic carbocycles. The smallest absolute Gasteiger partial charge is 0.306 e. The zero-order valence-electron chi connectivity index (χ0n) is 15.3. The van der Waals surface area contributed by atoms with Crippen LogP contribution in [0.5, 0.6) is 0 Å². The normalized spacial score (nSPS) is 24.4. The molecular weight excluding hydrogens is 288 g/mol. The zero-order chi connectivity index (χ0) is 17.4. The van der Waals surface area contributed by atoms with Gasteiger partial charge in [-0.1, -0.05) is 30.7 Å². The van der Waals surface area contributed by atoms with E-state index in [1.807, 2.05) is 13.8 Å². The molecule has 1 aliphatic rings. The minimum Gasteiger partial charge on any atom is -0.463 e. The molecule has 0 aromatic heterocycles. The first-order chi connectivity index (χ1) is 10.8. The molecule has 0 spiro atoms. The van der Waals surface area contributed by atoms with Gasteiger partial charge in [0.15, 0.2) is 0 Å². The summed E-state index contributed by atoms with van der Waals surface area (Å²) in [6, 6.07) is 0. The van der Waals surface area contributed by atoms with Crippen molar-refractivity contribution in [1.82, 2.24) is 0 Å². The molecule has 0 N–H and O–H groups in total. The highest BCUT2D eigenvalue weighted by Crippen LogP contribution is 2.38. The molecule has 0 aromatic carbocycles. The van der Waals surface area contributed by atoms with Crippen LogP contribution in [0.2, 0.25) is 0 Å². The molecular formula is C20H32O3. The Hall–Kier alpha value is -1.38. The second-order valence-electron chi connectivity index (χ2n) is 7.21. The summed E-state index contributed by atoms with van der Waals surface area (Å²) in [7, 11) is 0. The number of esters is 1. The first kappa shape index (κ1) is 19.7. The maximum absolute atomic E-state index is 12.2. The van der Waals surface area contributed by atoms with E-state index in [0.29, 0.717) is 30.5 Å². The van der Waals surface area contributed by atoms with Gasteiger partial charge in [-0.25, -0.2) is 0 Å². The maximum atomic E-state index is 12.2. The van der Waals surface area contributed by atoms with Gasteiger partial charge in [-0.05, 0) is 58.8 Å². The van der Waals surface area contributed by atoms with Crippen LogP contribution in [0.3, 0.4) is 0 Å². The molecule has 0 bridgehead atoms. The van der Waals surface area contributed by atoms with Crippen LogP contribution in [0.4, 0.5) is 0 Å². The molecule has 3 heteroatoms. The minimum atomic E-state index is -0.128. The van der Waals surface area contributed by atoms with Crippen LogP contribution in [0, 0.1) is 17.8 Å². The Bertz CT molecular complexity index is 456. The molecule has 0 heterocycles. The number of unbranched alkanes of at least 4 members (excludes halogenated alkanes) is 1. The Balaban J connectivity index is 2.36. The van der Waals surface area contributed by atoms with Gasteiger partial charge in [0.25, 0.3) is 0 Å². The quantitative estimate of drug-likeness (QED) is 0.364. The van der Waals surface area contributed by atoms with Gasteiger partial charge in [0.05, 0.1) is 6.10 Å². The topological polar surface area (TPSA) is 43.4 Å². The monoisotopic (exact) mass is 320 g/mol. The molecule has 23 heavy (non-hydrogen) atoms. The molecule has 0 unspecified atom stereocenters. The highest BCUT2D eigenvalue weighted by molar-refractivity contribution is 5.84. The average molecular weight is 320 g/mol. The Kier molecular flexibility index (Phi) is 8.29. The fraction of sp³-hybridized carbons (Fsp3) is 0.700. The number of carbonyl (C=O) groups is 2. The Morgan fingerprint density at radius 2 is 2.00 bits per heavy atom. The van der Waals surface area contributed by atoms with E-state index in [0.717, 1.165) is 19.3 Å². The number of ether oxygens (including phenoxy) is 1. The van der Waals surface area contributed by atoms with Crippen molar-refractivity contribution in [1.29, 1.82) is 0 Å². The summed E-state index contributed by atoms with van der Waals surface area (Å²) < 4.78 is 5.10. The van der Waals surface area contributed by atoms with E-state index in [1.54, 1.807) is 0 Å². The summed E-state index contributed by atoms with van der Waals surface area (Å²) in [6.45, 7) is 10.1. The van der Waals surface area contributed by atoms with E-state index in [2.05, 4.69) is 39.0 Å². The lowest BCUT2D eigenvalue weighted by molar-refractivity contribution is -0.147. The van der Waals surface area contributed by atoms with Gasteiger partial charge in [-0.15, -0.1) is 0 Å². The van der Waals surface area contributed by atoms with Crippen molar-refractivity contribution in [3.8, 4) is 0 Å². The van der Waals surface area contributed by atoms with Crippen molar-refractivity contribution in [2.45, 2.75) is 72.8 Å². The number of carbonyl (C=O) groups excluding carboxylic acids is 2. The second-order valence-corrected chi connectivity index (χ2v) is 7.21. The SMILES string of the molecule is CC(C)=C[C@H]1[C@H](C)CC(=O)[C@@H]1C/C=C\CCCC(=O)OC(C)C. The molecule has 0 aromatic rings. The first-order valence-electron chi connectivity index (χ1n) is 8.83. The van der Waals surface area contributed by atoms with E-state index in [4.69, 9.17) is 4.74 Å². The number of hydrogen-bond acceptors (Lipinski definition) is 3. The predicted molar refractivity (Wildman–Crippen MR) is 94.0 cm³/mol. The highest BCUT2D eigenvalue weighted by Gasteiger charge is 2.37. The number of rotatable bonds is 8. The lowest BCUT2D eigenvalue weighted by Gasteiger charge is -2.17. The van der Waals surface area contributed by atoms with Crippen LogP contribution < -0.4 is 0 Å². The van der Waals surface area contributed by atoms with Crippen molar-refractivity contribution >= 4 is 11.8 Å². The van der Waals surface area contributed by atoms with E-state index in [1.165, 1.54) is 5.57 Å². The molecule has 0 aliphatic heterocycles. The third-order valence-electron chi connectivity index (χ3n) is 4.26. The van der Waals surface area contributed by atoms with Crippen molar-refractivity contribution in [3.63, 3.8) is 0 Å². The summed E-state index contributed by atoms with van der Waals surface area (Å²) >= 11 is 0. The maximum Gasteiger partial charge on any atom is 0.306 e. The van der Waals surface area contributed by atoms with Crippen molar-refractivity contribution in [2.24, 2.45) is 17.8 Å². The van der Waals surface area contributed by atoms with Crippen molar-refractivity contribution in [2.75, 3.05) is 0 Å². The van der Waals surface area contributed by atoms with E-state index in [-0.39, 0.29) is 18.0 Å². The van der Waals surface area contributed by atoms with Gasteiger partial charge in [-0.2, -0.15) is 0 Å². The Labute approximate surface area is 141 Å². The summed E-state index contributed by atoms with van der Waals surface area (Å²) in [4.78, 5) is 23.6. The van der Waals surface area contributed by atoms with Crippen LogP contribution in [0.25, 0.3) is 0 Å². The minimum absolute atomic E-state index is 0.0413. The summed E-state index contributed by atoms with van der Waals surface area (Å²) in [5.74, 6) is 1.21. The van der Waals surface area contributed by atoms with Crippen LogP contribution in [0.1, 0.15) is 66.7 Å². The molecule has 3 nitrogen and oxygen atoms in total. The van der Waals surface area contributed by atoms with E-state index >= 15 is 0 Å².